The molecule has 0 spiro atoms. The molecule has 0 saturated carbocycles. The highest BCUT2D eigenvalue weighted by molar-refractivity contribution is 7.92. The summed E-state index contributed by atoms with van der Waals surface area (Å²) < 4.78 is 43.1. The van der Waals surface area contributed by atoms with E-state index in [-0.39, 0.29) is 50.9 Å². The van der Waals surface area contributed by atoms with Crippen LogP contribution in [0.2, 0.25) is 10.0 Å². The average Bonchev–Trinajstić information content (AvgIpc) is 2.60. The average molecular weight is 450 g/mol. The van der Waals surface area contributed by atoms with Crippen LogP contribution in [0.1, 0.15) is 10.4 Å². The van der Waals surface area contributed by atoms with Gasteiger partial charge in [0.2, 0.25) is 0 Å². The first-order valence-electron chi connectivity index (χ1n) is 7.74. The molecular formula is C17H17Cl2NO7S. The number of benzene rings is 2. The van der Waals surface area contributed by atoms with Crippen LogP contribution in [0.25, 0.3) is 0 Å². The van der Waals surface area contributed by atoms with Crippen molar-refractivity contribution in [3.05, 3.63) is 45.9 Å². The third-order valence-corrected chi connectivity index (χ3v) is 5.25. The first kappa shape index (κ1) is 22.1. The van der Waals surface area contributed by atoms with Gasteiger partial charge in [-0.1, -0.05) is 23.2 Å². The number of nitrogens with one attached hydrogen (secondary N) is 1. The Kier molecular flexibility index (Phi) is 7.36. The summed E-state index contributed by atoms with van der Waals surface area (Å²) in [5, 5.41) is 9.68. The van der Waals surface area contributed by atoms with E-state index in [1.165, 1.54) is 38.5 Å². The lowest BCUT2D eigenvalue weighted by Crippen LogP contribution is -2.16. The number of aromatic carboxylic acids is 1. The highest BCUT2D eigenvalue weighted by Gasteiger charge is 2.22. The van der Waals surface area contributed by atoms with Gasteiger partial charge in [-0.25, -0.2) is 13.2 Å². The van der Waals surface area contributed by atoms with Gasteiger partial charge in [-0.2, -0.15) is 0 Å². The third-order valence-electron chi connectivity index (χ3n) is 3.47. The fourth-order valence-electron chi connectivity index (χ4n) is 2.22. The topological polar surface area (TPSA) is 111 Å². The Balaban J connectivity index is 2.49. The number of sulfonamides is 1. The van der Waals surface area contributed by atoms with E-state index in [0.717, 1.165) is 6.07 Å². The summed E-state index contributed by atoms with van der Waals surface area (Å²) in [5.41, 5.74) is -0.538. The van der Waals surface area contributed by atoms with Gasteiger partial charge in [-0.3, -0.25) is 4.72 Å². The second-order valence-electron chi connectivity index (χ2n) is 5.41. The minimum Gasteiger partial charge on any atom is -0.493 e. The second kappa shape index (κ2) is 9.33. The molecule has 0 aliphatic rings. The van der Waals surface area contributed by atoms with Gasteiger partial charge >= 0.3 is 5.97 Å². The summed E-state index contributed by atoms with van der Waals surface area (Å²) in [7, 11) is -1.35. The molecule has 152 valence electrons. The van der Waals surface area contributed by atoms with Gasteiger partial charge in [0.25, 0.3) is 10.0 Å². The zero-order valence-corrected chi connectivity index (χ0v) is 17.2. The molecule has 0 amide bonds. The van der Waals surface area contributed by atoms with E-state index in [1.807, 2.05) is 0 Å². The number of methoxy groups -OCH3 is 2. The van der Waals surface area contributed by atoms with Crippen molar-refractivity contribution in [2.24, 2.45) is 0 Å². The zero-order valence-electron chi connectivity index (χ0n) is 14.9. The van der Waals surface area contributed by atoms with Crippen LogP contribution in [0, 0.1) is 0 Å². The Hall–Kier alpha value is -2.20. The largest absolute Gasteiger partial charge is 0.493 e. The van der Waals surface area contributed by atoms with Crippen LogP contribution in [0.5, 0.6) is 11.5 Å². The fourth-order valence-corrected chi connectivity index (χ4v) is 4.01. The van der Waals surface area contributed by atoms with E-state index in [4.69, 9.17) is 37.4 Å². The van der Waals surface area contributed by atoms with E-state index in [0.29, 0.717) is 0 Å². The minimum absolute atomic E-state index is 0.115. The highest BCUT2D eigenvalue weighted by atomic mass is 35.5. The molecule has 11 heteroatoms. The Labute approximate surface area is 172 Å². The van der Waals surface area contributed by atoms with Crippen LogP contribution in [0.3, 0.4) is 0 Å². The molecule has 0 saturated heterocycles. The molecule has 0 aliphatic heterocycles. The monoisotopic (exact) mass is 449 g/mol. The number of carbonyl (C=O) groups is 1. The summed E-state index contributed by atoms with van der Waals surface area (Å²) in [6, 6.07) is 6.14. The zero-order chi connectivity index (χ0) is 20.9. The quantitative estimate of drug-likeness (QED) is 0.563. The van der Waals surface area contributed by atoms with Crippen LogP contribution in [-0.2, 0) is 14.8 Å². The predicted molar refractivity (Wildman–Crippen MR) is 105 cm³/mol. The maximum absolute atomic E-state index is 12.7. The van der Waals surface area contributed by atoms with Gasteiger partial charge in [0.05, 0.1) is 29.9 Å². The molecule has 0 atom stereocenters. The maximum atomic E-state index is 12.7. The normalized spacial score (nSPS) is 11.1. The number of halogens is 2. The molecular weight excluding hydrogens is 433 g/mol. The van der Waals surface area contributed by atoms with Crippen LogP contribution in [0.15, 0.2) is 35.2 Å². The molecule has 0 bridgehead atoms. The standard InChI is InChI=1S/C17H17Cl2NO7S/c1-25-3-4-27-16-9-14(13(17(21)22)8-15(16)26-2)20-28(23,24)12-6-10(18)5-11(19)7-12/h5-9,20H,3-4H2,1-2H3,(H,21,22). The van der Waals surface area contributed by atoms with Gasteiger partial charge in [0.15, 0.2) is 11.5 Å². The number of carboxylic acids is 1. The Morgan fingerprint density at radius 1 is 1.04 bits per heavy atom. The number of carboxylic acid groups (broad SMARTS) is 1. The molecule has 2 rings (SSSR count). The summed E-state index contributed by atoms with van der Waals surface area (Å²) >= 11 is 11.7. The lowest BCUT2D eigenvalue weighted by Gasteiger charge is -2.16. The van der Waals surface area contributed by atoms with Crippen molar-refractivity contribution in [1.82, 2.24) is 0 Å². The van der Waals surface area contributed by atoms with E-state index in [9.17, 15) is 18.3 Å². The maximum Gasteiger partial charge on any atom is 0.337 e. The number of hydrogen-bond acceptors (Lipinski definition) is 6. The Bertz CT molecular complexity index is 959. The number of hydrogen-bond donors (Lipinski definition) is 2. The van der Waals surface area contributed by atoms with Gasteiger partial charge in [0.1, 0.15) is 6.61 Å². The predicted octanol–water partition coefficient (Wildman–Crippen LogP) is 3.53. The Morgan fingerprint density at radius 2 is 1.68 bits per heavy atom. The lowest BCUT2D eigenvalue weighted by atomic mass is 10.1. The first-order valence-corrected chi connectivity index (χ1v) is 9.98. The molecule has 0 fully saturated rings. The molecule has 2 aromatic carbocycles. The second-order valence-corrected chi connectivity index (χ2v) is 7.96. The van der Waals surface area contributed by atoms with E-state index < -0.39 is 16.0 Å². The summed E-state index contributed by atoms with van der Waals surface area (Å²) in [6.07, 6.45) is 0. The van der Waals surface area contributed by atoms with E-state index >= 15 is 0 Å². The molecule has 0 aromatic heterocycles. The van der Waals surface area contributed by atoms with Crippen LogP contribution >= 0.6 is 23.2 Å². The van der Waals surface area contributed by atoms with E-state index in [2.05, 4.69) is 4.72 Å². The summed E-state index contributed by atoms with van der Waals surface area (Å²) in [4.78, 5) is 11.4. The van der Waals surface area contributed by atoms with Crippen LogP contribution in [0.4, 0.5) is 5.69 Å². The highest BCUT2D eigenvalue weighted by Crippen LogP contribution is 2.35. The molecule has 0 radical (unpaired) electrons. The molecule has 28 heavy (non-hydrogen) atoms. The summed E-state index contributed by atoms with van der Waals surface area (Å²) in [5.74, 6) is -1.09. The smallest absolute Gasteiger partial charge is 0.337 e. The number of anilines is 1. The molecule has 0 unspecified atom stereocenters. The first-order chi connectivity index (χ1) is 13.2. The van der Waals surface area contributed by atoms with Crippen LogP contribution < -0.4 is 14.2 Å². The molecule has 0 aliphatic carbocycles. The molecule has 0 heterocycles. The molecule has 2 aromatic rings. The van der Waals surface area contributed by atoms with Crippen molar-refractivity contribution in [2.75, 3.05) is 32.2 Å². The van der Waals surface area contributed by atoms with Gasteiger partial charge in [0, 0.05) is 29.3 Å². The van der Waals surface area contributed by atoms with Crippen molar-refractivity contribution in [2.45, 2.75) is 4.90 Å². The SMILES string of the molecule is COCCOc1cc(NS(=O)(=O)c2cc(Cl)cc(Cl)c2)c(C(=O)O)cc1OC. The fraction of sp³-hybridized carbons (Fsp3) is 0.235. The van der Waals surface area contributed by atoms with E-state index in [1.54, 1.807) is 0 Å². The van der Waals surface area contributed by atoms with Gasteiger partial charge in [-0.05, 0) is 18.2 Å². The number of rotatable bonds is 9. The summed E-state index contributed by atoms with van der Waals surface area (Å²) in [6.45, 7) is 0.418. The lowest BCUT2D eigenvalue weighted by molar-refractivity contribution is 0.0697. The minimum atomic E-state index is -4.18. The van der Waals surface area contributed by atoms with Crippen molar-refractivity contribution >= 4 is 44.9 Å². The van der Waals surface area contributed by atoms with Crippen LogP contribution in [-0.4, -0.2) is 46.9 Å². The van der Waals surface area contributed by atoms with Crippen molar-refractivity contribution in [1.29, 1.82) is 0 Å². The van der Waals surface area contributed by atoms with Crippen molar-refractivity contribution in [3.63, 3.8) is 0 Å². The number of ether oxygens (including phenoxy) is 3. The molecule has 8 nitrogen and oxygen atoms in total. The molecule has 2 N–H and O–H groups in total. The van der Waals surface area contributed by atoms with Crippen molar-refractivity contribution < 1.29 is 32.5 Å². The third kappa shape index (κ3) is 5.41. The van der Waals surface area contributed by atoms with Gasteiger partial charge < -0.3 is 19.3 Å². The Morgan fingerprint density at radius 3 is 2.21 bits per heavy atom. The van der Waals surface area contributed by atoms with Gasteiger partial charge in [-0.15, -0.1) is 0 Å². The van der Waals surface area contributed by atoms with Crippen molar-refractivity contribution in [3.8, 4) is 11.5 Å².